The molecule has 190 valence electrons. The third-order valence-corrected chi connectivity index (χ3v) is 7.65. The molecule has 2 heterocycles. The summed E-state index contributed by atoms with van der Waals surface area (Å²) in [6.45, 7) is 5.30. The van der Waals surface area contributed by atoms with Crippen molar-refractivity contribution in [1.29, 1.82) is 0 Å². The fraction of sp³-hybridized carbons (Fsp3) is 0.538. The minimum absolute atomic E-state index is 0.0404. The van der Waals surface area contributed by atoms with Gasteiger partial charge in [0, 0.05) is 55.0 Å². The van der Waals surface area contributed by atoms with Crippen LogP contribution in [0.2, 0.25) is 5.02 Å². The van der Waals surface area contributed by atoms with Gasteiger partial charge in [0.15, 0.2) is 5.16 Å². The SMILES string of the molecule is CCOC(=O)C1CCN(C(=O)CCCCSc2nc(C)c(Cc3cccc(Cl)c3)c(=O)n2C)CC1. The lowest BCUT2D eigenvalue weighted by Crippen LogP contribution is -2.40. The van der Waals surface area contributed by atoms with Crippen molar-refractivity contribution in [1.82, 2.24) is 14.5 Å². The summed E-state index contributed by atoms with van der Waals surface area (Å²) >= 11 is 7.62. The highest BCUT2D eigenvalue weighted by Gasteiger charge is 2.27. The number of hydrogen-bond donors (Lipinski definition) is 0. The van der Waals surface area contributed by atoms with Gasteiger partial charge in [-0.3, -0.25) is 19.0 Å². The zero-order chi connectivity index (χ0) is 25.4. The Hall–Kier alpha value is -2.32. The van der Waals surface area contributed by atoms with Crippen LogP contribution >= 0.6 is 23.4 Å². The summed E-state index contributed by atoms with van der Waals surface area (Å²) in [6, 6.07) is 7.52. The van der Waals surface area contributed by atoms with Gasteiger partial charge in [-0.05, 0) is 57.2 Å². The molecule has 1 aromatic heterocycles. The highest BCUT2D eigenvalue weighted by Crippen LogP contribution is 2.22. The Balaban J connectivity index is 1.44. The van der Waals surface area contributed by atoms with Crippen molar-refractivity contribution in [3.8, 4) is 0 Å². The van der Waals surface area contributed by atoms with Crippen molar-refractivity contribution in [3.63, 3.8) is 0 Å². The molecule has 9 heteroatoms. The number of rotatable bonds is 10. The number of likely N-dealkylation sites (tertiary alicyclic amines) is 1. The average molecular weight is 520 g/mol. The summed E-state index contributed by atoms with van der Waals surface area (Å²) in [5.41, 5.74) is 2.35. The number of amides is 1. The number of carbonyl (C=O) groups excluding carboxylic acids is 2. The van der Waals surface area contributed by atoms with Crippen LogP contribution in [0.3, 0.4) is 0 Å². The molecule has 0 bridgehead atoms. The number of benzene rings is 1. The summed E-state index contributed by atoms with van der Waals surface area (Å²) in [4.78, 5) is 43.9. The van der Waals surface area contributed by atoms with Crippen LogP contribution in [0.25, 0.3) is 0 Å². The lowest BCUT2D eigenvalue weighted by Gasteiger charge is -2.31. The molecule has 1 fully saturated rings. The number of ether oxygens (including phenoxy) is 1. The molecular formula is C26H34ClN3O4S. The largest absolute Gasteiger partial charge is 0.466 e. The number of thioether (sulfide) groups is 1. The van der Waals surface area contributed by atoms with E-state index in [1.165, 1.54) is 0 Å². The number of esters is 1. The van der Waals surface area contributed by atoms with Gasteiger partial charge < -0.3 is 9.64 Å². The molecule has 1 aliphatic heterocycles. The maximum Gasteiger partial charge on any atom is 0.309 e. The molecule has 0 spiro atoms. The van der Waals surface area contributed by atoms with E-state index in [-0.39, 0.29) is 23.4 Å². The number of unbranched alkanes of at least 4 members (excludes halogenated alkanes) is 1. The fourth-order valence-corrected chi connectivity index (χ4v) is 5.46. The van der Waals surface area contributed by atoms with E-state index < -0.39 is 0 Å². The Labute approximate surface area is 216 Å². The Morgan fingerprint density at radius 1 is 1.23 bits per heavy atom. The summed E-state index contributed by atoms with van der Waals surface area (Å²) in [7, 11) is 1.75. The summed E-state index contributed by atoms with van der Waals surface area (Å²) in [6.07, 6.45) is 3.97. The van der Waals surface area contributed by atoms with Gasteiger partial charge in [0.2, 0.25) is 5.91 Å². The van der Waals surface area contributed by atoms with Crippen molar-refractivity contribution in [2.45, 2.75) is 57.5 Å². The molecule has 0 radical (unpaired) electrons. The van der Waals surface area contributed by atoms with Crippen molar-refractivity contribution >= 4 is 35.2 Å². The van der Waals surface area contributed by atoms with Crippen LogP contribution < -0.4 is 5.56 Å². The van der Waals surface area contributed by atoms with Crippen molar-refractivity contribution < 1.29 is 14.3 Å². The highest BCUT2D eigenvalue weighted by atomic mass is 35.5. The van der Waals surface area contributed by atoms with Crippen LogP contribution in [0.15, 0.2) is 34.2 Å². The van der Waals surface area contributed by atoms with E-state index in [4.69, 9.17) is 16.3 Å². The molecule has 2 aromatic rings. The number of halogens is 1. The molecule has 1 amide bonds. The molecule has 0 saturated carbocycles. The zero-order valence-electron chi connectivity index (χ0n) is 20.7. The highest BCUT2D eigenvalue weighted by molar-refractivity contribution is 7.99. The third kappa shape index (κ3) is 7.58. The minimum Gasteiger partial charge on any atom is -0.466 e. The van der Waals surface area contributed by atoms with Crippen LogP contribution in [0.4, 0.5) is 0 Å². The monoisotopic (exact) mass is 519 g/mol. The van der Waals surface area contributed by atoms with Crippen LogP contribution in [0.1, 0.15) is 55.8 Å². The summed E-state index contributed by atoms with van der Waals surface area (Å²) in [5.74, 6) is 0.692. The maximum absolute atomic E-state index is 13.0. The first-order valence-corrected chi connectivity index (χ1v) is 13.5. The van der Waals surface area contributed by atoms with Crippen molar-refractivity contribution in [3.05, 3.63) is 56.5 Å². The molecule has 0 atom stereocenters. The smallest absolute Gasteiger partial charge is 0.309 e. The van der Waals surface area contributed by atoms with E-state index in [1.807, 2.05) is 43.0 Å². The molecule has 7 nitrogen and oxygen atoms in total. The van der Waals surface area contributed by atoms with Crippen molar-refractivity contribution in [2.75, 3.05) is 25.4 Å². The van der Waals surface area contributed by atoms with Crippen LogP contribution in [-0.4, -0.2) is 51.8 Å². The number of aryl methyl sites for hydroxylation is 1. The van der Waals surface area contributed by atoms with E-state index >= 15 is 0 Å². The fourth-order valence-electron chi connectivity index (χ4n) is 4.24. The standard InChI is InChI=1S/C26H34ClN3O4S/c1-4-34-25(33)20-11-13-30(14-12-20)23(31)10-5-6-15-35-26-28-18(2)22(24(32)29(26)3)17-19-8-7-9-21(27)16-19/h7-9,16,20H,4-6,10-15,17H2,1-3H3. The van der Waals surface area contributed by atoms with Gasteiger partial charge in [-0.25, -0.2) is 4.98 Å². The van der Waals surface area contributed by atoms with E-state index in [0.29, 0.717) is 61.1 Å². The van der Waals surface area contributed by atoms with E-state index in [2.05, 4.69) is 4.98 Å². The number of piperidine rings is 1. The molecule has 1 aliphatic rings. The predicted octanol–water partition coefficient (Wildman–Crippen LogP) is 4.40. The van der Waals surface area contributed by atoms with Crippen LogP contribution in [0.5, 0.6) is 0 Å². The third-order valence-electron chi connectivity index (χ3n) is 6.30. The molecule has 1 saturated heterocycles. The first-order valence-electron chi connectivity index (χ1n) is 12.2. The van der Waals surface area contributed by atoms with E-state index in [9.17, 15) is 14.4 Å². The van der Waals surface area contributed by atoms with E-state index in [1.54, 1.807) is 23.4 Å². The van der Waals surface area contributed by atoms with Gasteiger partial charge in [0.1, 0.15) is 0 Å². The lowest BCUT2D eigenvalue weighted by atomic mass is 9.96. The van der Waals surface area contributed by atoms with Gasteiger partial charge in [0.25, 0.3) is 5.56 Å². The van der Waals surface area contributed by atoms with Gasteiger partial charge in [-0.15, -0.1) is 0 Å². The number of carbonyl (C=O) groups is 2. The Bertz CT molecular complexity index is 1100. The van der Waals surface area contributed by atoms with Gasteiger partial charge in [-0.2, -0.15) is 0 Å². The maximum atomic E-state index is 13.0. The molecule has 3 rings (SSSR count). The van der Waals surface area contributed by atoms with Gasteiger partial charge >= 0.3 is 5.97 Å². The molecule has 35 heavy (non-hydrogen) atoms. The second-order valence-electron chi connectivity index (χ2n) is 8.84. The Morgan fingerprint density at radius 2 is 1.97 bits per heavy atom. The van der Waals surface area contributed by atoms with Crippen LogP contribution in [-0.2, 0) is 27.8 Å². The van der Waals surface area contributed by atoms with E-state index in [0.717, 1.165) is 29.9 Å². The number of nitrogens with zero attached hydrogens (tertiary/aromatic N) is 3. The first kappa shape index (κ1) is 27.3. The van der Waals surface area contributed by atoms with Crippen molar-refractivity contribution in [2.24, 2.45) is 13.0 Å². The molecular weight excluding hydrogens is 486 g/mol. The average Bonchev–Trinajstić information content (AvgIpc) is 2.84. The first-order chi connectivity index (χ1) is 16.8. The normalized spacial score (nSPS) is 14.2. The van der Waals surface area contributed by atoms with Crippen LogP contribution in [0, 0.1) is 12.8 Å². The Morgan fingerprint density at radius 3 is 2.66 bits per heavy atom. The number of aromatic nitrogens is 2. The Kier molecular flexibility index (Phi) is 10.2. The number of hydrogen-bond acceptors (Lipinski definition) is 6. The van der Waals surface area contributed by atoms with Gasteiger partial charge in [0.05, 0.1) is 12.5 Å². The molecule has 1 aromatic carbocycles. The molecule has 0 aliphatic carbocycles. The second-order valence-corrected chi connectivity index (χ2v) is 10.3. The predicted molar refractivity (Wildman–Crippen MR) is 139 cm³/mol. The second kappa shape index (κ2) is 13.1. The minimum atomic E-state index is -0.146. The van der Waals surface area contributed by atoms with Gasteiger partial charge in [-0.1, -0.05) is 35.5 Å². The topological polar surface area (TPSA) is 81.5 Å². The summed E-state index contributed by atoms with van der Waals surface area (Å²) in [5, 5.41) is 1.34. The summed E-state index contributed by atoms with van der Waals surface area (Å²) < 4.78 is 6.70. The molecule has 0 unspecified atom stereocenters. The molecule has 0 N–H and O–H groups in total. The quantitative estimate of drug-likeness (QED) is 0.200. The lowest BCUT2D eigenvalue weighted by molar-refractivity contribution is -0.151. The zero-order valence-corrected chi connectivity index (χ0v) is 22.3.